The molecule has 1 aromatic carbocycles. The third-order valence-corrected chi connectivity index (χ3v) is 5.15. The van der Waals surface area contributed by atoms with Crippen molar-refractivity contribution in [3.8, 4) is 5.69 Å². The van der Waals surface area contributed by atoms with Gasteiger partial charge >= 0.3 is 0 Å². The van der Waals surface area contributed by atoms with Gasteiger partial charge < -0.3 is 10.2 Å². The smallest absolute Gasteiger partial charge is 0.257 e. The fourth-order valence-electron chi connectivity index (χ4n) is 3.27. The molecule has 0 aliphatic carbocycles. The zero-order valence-corrected chi connectivity index (χ0v) is 15.7. The van der Waals surface area contributed by atoms with Gasteiger partial charge in [0.15, 0.2) is 0 Å². The van der Waals surface area contributed by atoms with Crippen molar-refractivity contribution >= 4 is 21.8 Å². The highest BCUT2D eigenvalue weighted by atomic mass is 79.9. The number of likely N-dealkylation sites (N-methyl/N-ethyl adjacent to an activating group) is 1. The summed E-state index contributed by atoms with van der Waals surface area (Å²) < 4.78 is 2.90. The summed E-state index contributed by atoms with van der Waals surface area (Å²) in [4.78, 5) is 14.9. The summed E-state index contributed by atoms with van der Waals surface area (Å²) >= 11 is 3.45. The van der Waals surface area contributed by atoms with Crippen molar-refractivity contribution in [1.82, 2.24) is 20.0 Å². The molecule has 1 saturated heterocycles. The number of likely N-dealkylation sites (tertiary alicyclic amines) is 1. The fraction of sp³-hybridized carbons (Fsp3) is 0.444. The van der Waals surface area contributed by atoms with Crippen molar-refractivity contribution in [3.05, 3.63) is 46.2 Å². The second-order valence-corrected chi connectivity index (χ2v) is 7.04. The lowest BCUT2D eigenvalue weighted by Gasteiger charge is -2.32. The van der Waals surface area contributed by atoms with Crippen molar-refractivity contribution in [2.75, 3.05) is 20.1 Å². The van der Waals surface area contributed by atoms with E-state index in [0.29, 0.717) is 6.04 Å². The van der Waals surface area contributed by atoms with E-state index in [-0.39, 0.29) is 5.91 Å². The van der Waals surface area contributed by atoms with Gasteiger partial charge in [-0.1, -0.05) is 22.9 Å². The van der Waals surface area contributed by atoms with Crippen LogP contribution >= 0.6 is 15.9 Å². The zero-order chi connectivity index (χ0) is 17.1. The molecule has 6 heteroatoms. The number of benzene rings is 1. The van der Waals surface area contributed by atoms with Crippen molar-refractivity contribution in [3.63, 3.8) is 0 Å². The SMILES string of the molecule is CCc1c(C(=O)N2CCCC(NC)C2)cnn1-c1ccc(Br)cc1. The van der Waals surface area contributed by atoms with Crippen molar-refractivity contribution < 1.29 is 4.79 Å². The zero-order valence-electron chi connectivity index (χ0n) is 14.1. The Kier molecular flexibility index (Phi) is 5.36. The number of aromatic nitrogens is 2. The number of amides is 1. The number of hydrogen-bond donors (Lipinski definition) is 1. The quantitative estimate of drug-likeness (QED) is 0.872. The third kappa shape index (κ3) is 3.39. The van der Waals surface area contributed by atoms with Crippen LogP contribution in [0.3, 0.4) is 0 Å². The lowest BCUT2D eigenvalue weighted by molar-refractivity contribution is 0.0697. The highest BCUT2D eigenvalue weighted by Crippen LogP contribution is 2.21. The average molecular weight is 391 g/mol. The molecule has 3 rings (SSSR count). The maximum atomic E-state index is 13.0. The molecule has 0 radical (unpaired) electrons. The largest absolute Gasteiger partial charge is 0.337 e. The van der Waals surface area contributed by atoms with Crippen LogP contribution in [0.15, 0.2) is 34.9 Å². The molecule has 0 spiro atoms. The van der Waals surface area contributed by atoms with Crippen LogP contribution < -0.4 is 5.32 Å². The third-order valence-electron chi connectivity index (χ3n) is 4.62. The topological polar surface area (TPSA) is 50.2 Å². The van der Waals surface area contributed by atoms with E-state index in [1.54, 1.807) is 6.20 Å². The molecule has 0 bridgehead atoms. The molecule has 1 aliphatic rings. The van der Waals surface area contributed by atoms with Crippen LogP contribution in [0.2, 0.25) is 0 Å². The molecule has 0 saturated carbocycles. The molecule has 1 amide bonds. The van der Waals surface area contributed by atoms with Gasteiger partial charge in [0.25, 0.3) is 5.91 Å². The van der Waals surface area contributed by atoms with Gasteiger partial charge in [0.2, 0.25) is 0 Å². The van der Waals surface area contributed by atoms with Gasteiger partial charge in [-0.05, 0) is 50.6 Å². The first kappa shape index (κ1) is 17.2. The molecule has 1 unspecified atom stereocenters. The van der Waals surface area contributed by atoms with E-state index in [1.807, 2.05) is 40.9 Å². The van der Waals surface area contributed by atoms with E-state index in [2.05, 4.69) is 33.3 Å². The van der Waals surface area contributed by atoms with E-state index in [9.17, 15) is 4.79 Å². The monoisotopic (exact) mass is 390 g/mol. The lowest BCUT2D eigenvalue weighted by Crippen LogP contribution is -2.47. The molecule has 1 aliphatic heterocycles. The van der Waals surface area contributed by atoms with E-state index >= 15 is 0 Å². The molecular weight excluding hydrogens is 368 g/mol. The van der Waals surface area contributed by atoms with Gasteiger partial charge in [-0.15, -0.1) is 0 Å². The highest BCUT2D eigenvalue weighted by Gasteiger charge is 2.26. The molecule has 1 N–H and O–H groups in total. The Morgan fingerprint density at radius 1 is 1.38 bits per heavy atom. The number of nitrogens with one attached hydrogen (secondary N) is 1. The lowest BCUT2D eigenvalue weighted by atomic mass is 10.0. The predicted octanol–water partition coefficient (Wildman–Crippen LogP) is 3.02. The van der Waals surface area contributed by atoms with Crippen molar-refractivity contribution in [2.45, 2.75) is 32.2 Å². The number of piperidine rings is 1. The average Bonchev–Trinajstić information content (AvgIpc) is 3.05. The van der Waals surface area contributed by atoms with E-state index in [0.717, 1.165) is 53.8 Å². The molecular formula is C18H23BrN4O. The Hall–Kier alpha value is -1.66. The van der Waals surface area contributed by atoms with Gasteiger partial charge in [-0.25, -0.2) is 4.68 Å². The normalized spacial score (nSPS) is 18.0. The Labute approximate surface area is 151 Å². The summed E-state index contributed by atoms with van der Waals surface area (Å²) in [5, 5.41) is 7.77. The van der Waals surface area contributed by atoms with Crippen LogP contribution in [-0.4, -0.2) is 46.8 Å². The molecule has 128 valence electrons. The minimum absolute atomic E-state index is 0.0927. The number of carbonyl (C=O) groups is 1. The maximum Gasteiger partial charge on any atom is 0.257 e. The second-order valence-electron chi connectivity index (χ2n) is 6.13. The Morgan fingerprint density at radius 2 is 2.12 bits per heavy atom. The Morgan fingerprint density at radius 3 is 2.79 bits per heavy atom. The van der Waals surface area contributed by atoms with Gasteiger partial charge in [0.1, 0.15) is 0 Å². The van der Waals surface area contributed by atoms with Crippen LogP contribution in [-0.2, 0) is 6.42 Å². The number of hydrogen-bond acceptors (Lipinski definition) is 3. The summed E-state index contributed by atoms with van der Waals surface area (Å²) in [5.41, 5.74) is 2.66. The number of halogens is 1. The molecule has 5 nitrogen and oxygen atoms in total. The Bertz CT molecular complexity index is 710. The number of carbonyl (C=O) groups excluding carboxylic acids is 1. The summed E-state index contributed by atoms with van der Waals surface area (Å²) in [6, 6.07) is 8.36. The van der Waals surface area contributed by atoms with E-state index < -0.39 is 0 Å². The minimum Gasteiger partial charge on any atom is -0.337 e. The summed E-state index contributed by atoms with van der Waals surface area (Å²) in [6.07, 6.45) is 4.64. The number of rotatable bonds is 4. The first-order valence-corrected chi connectivity index (χ1v) is 9.22. The van der Waals surface area contributed by atoms with Crippen molar-refractivity contribution in [1.29, 1.82) is 0 Å². The van der Waals surface area contributed by atoms with Gasteiger partial charge in [-0.3, -0.25) is 4.79 Å². The Balaban J connectivity index is 1.88. The fourth-order valence-corrected chi connectivity index (χ4v) is 3.53. The first-order chi connectivity index (χ1) is 11.6. The molecule has 1 atom stereocenters. The highest BCUT2D eigenvalue weighted by molar-refractivity contribution is 9.10. The molecule has 1 aromatic heterocycles. The first-order valence-electron chi connectivity index (χ1n) is 8.43. The van der Waals surface area contributed by atoms with E-state index in [1.165, 1.54) is 0 Å². The maximum absolute atomic E-state index is 13.0. The van der Waals surface area contributed by atoms with Gasteiger partial charge in [0, 0.05) is 23.6 Å². The van der Waals surface area contributed by atoms with Crippen LogP contribution in [0, 0.1) is 0 Å². The van der Waals surface area contributed by atoms with Crippen LogP contribution in [0.25, 0.3) is 5.69 Å². The summed E-state index contributed by atoms with van der Waals surface area (Å²) in [7, 11) is 1.96. The number of nitrogens with zero attached hydrogens (tertiary/aromatic N) is 3. The summed E-state index contributed by atoms with van der Waals surface area (Å²) in [5.74, 6) is 0.0927. The minimum atomic E-state index is 0.0927. The molecule has 2 heterocycles. The predicted molar refractivity (Wildman–Crippen MR) is 98.6 cm³/mol. The molecule has 1 fully saturated rings. The van der Waals surface area contributed by atoms with Crippen LogP contribution in [0.5, 0.6) is 0 Å². The van der Waals surface area contributed by atoms with Crippen molar-refractivity contribution in [2.24, 2.45) is 0 Å². The molecule has 2 aromatic rings. The van der Waals surface area contributed by atoms with Gasteiger partial charge in [-0.2, -0.15) is 5.10 Å². The molecule has 24 heavy (non-hydrogen) atoms. The summed E-state index contributed by atoms with van der Waals surface area (Å²) in [6.45, 7) is 3.65. The van der Waals surface area contributed by atoms with Crippen LogP contribution in [0.1, 0.15) is 35.8 Å². The van der Waals surface area contributed by atoms with Gasteiger partial charge in [0.05, 0.1) is 23.1 Å². The van der Waals surface area contributed by atoms with E-state index in [4.69, 9.17) is 0 Å². The second kappa shape index (κ2) is 7.49. The standard InChI is InChI=1S/C18H23BrN4O/c1-3-17-16(18(24)22-10-4-5-14(12-22)20-2)11-21-23(17)15-8-6-13(19)7-9-15/h6-9,11,14,20H,3-5,10,12H2,1-2H3. The van der Waals surface area contributed by atoms with Crippen LogP contribution in [0.4, 0.5) is 0 Å².